The molecule has 0 radical (unpaired) electrons. The summed E-state index contributed by atoms with van der Waals surface area (Å²) in [6.07, 6.45) is -13.2. The maximum Gasteiger partial charge on any atom is 0.490 e. The second kappa shape index (κ2) is 9.31. The third-order valence-electron chi connectivity index (χ3n) is 3.80. The van der Waals surface area contributed by atoms with Crippen LogP contribution in [-0.4, -0.2) is 64.9 Å². The topological polar surface area (TPSA) is 233 Å². The van der Waals surface area contributed by atoms with Crippen LogP contribution in [0.25, 0.3) is 0 Å². The molecule has 1 aliphatic heterocycles. The average Bonchev–Trinajstić information content (AvgIpc) is 2.82. The minimum atomic E-state index is -5.93. The van der Waals surface area contributed by atoms with Gasteiger partial charge in [-0.05, 0) is 18.3 Å². The number of aromatic nitrogens is 2. The van der Waals surface area contributed by atoms with E-state index in [-0.39, 0.29) is 5.82 Å². The Morgan fingerprint density at radius 2 is 1.79 bits per heavy atom. The number of aliphatic hydroxyl groups excluding tert-OH is 1. The highest BCUT2D eigenvalue weighted by Crippen LogP contribution is 2.66. The van der Waals surface area contributed by atoms with Crippen LogP contribution in [0.3, 0.4) is 0 Å². The lowest BCUT2D eigenvalue weighted by atomic mass is 9.95. The Kier molecular flexibility index (Phi) is 8.01. The molecule has 190 valence electrons. The van der Waals surface area contributed by atoms with Crippen LogP contribution < -0.4 is 5.73 Å². The van der Waals surface area contributed by atoms with Crippen molar-refractivity contribution in [1.29, 1.82) is 0 Å². The van der Waals surface area contributed by atoms with Gasteiger partial charge in [-0.1, -0.05) is 0 Å². The number of nitrogen functional groups attached to an aromatic ring is 1. The molecule has 1 aromatic heterocycles. The first-order chi connectivity index (χ1) is 14.7. The Morgan fingerprint density at radius 3 is 2.27 bits per heavy atom. The van der Waals surface area contributed by atoms with Crippen molar-refractivity contribution in [3.8, 4) is 0 Å². The largest absolute Gasteiger partial charge is 0.490 e. The van der Waals surface area contributed by atoms with Gasteiger partial charge in [0.1, 0.15) is 18.0 Å². The Labute approximate surface area is 185 Å². The van der Waals surface area contributed by atoms with Gasteiger partial charge < -0.3 is 35.2 Å². The number of nitrogens with zero attached hydrogens (tertiary/aromatic N) is 2. The Balaban J connectivity index is 2.28. The van der Waals surface area contributed by atoms with Crippen LogP contribution in [0.1, 0.15) is 6.23 Å². The molecule has 0 aromatic carbocycles. The van der Waals surface area contributed by atoms with Crippen LogP contribution in [0.2, 0.25) is 0 Å². The molecule has 2 heterocycles. The molecule has 0 bridgehead atoms. The normalized spacial score (nSPS) is 30.0. The van der Waals surface area contributed by atoms with Gasteiger partial charge in [0.15, 0.2) is 6.23 Å². The van der Waals surface area contributed by atoms with Crippen LogP contribution >= 0.6 is 35.7 Å². The number of halogens is 4. The minimum Gasteiger partial charge on any atom is -0.386 e. The number of phosphoric acid groups is 3. The molecule has 6 atom stereocenters. The molecule has 0 spiro atoms. The summed E-state index contributed by atoms with van der Waals surface area (Å²) >= 11 is 4.71. The van der Waals surface area contributed by atoms with Gasteiger partial charge in [-0.25, -0.2) is 23.1 Å². The molecule has 0 saturated carbocycles. The summed E-state index contributed by atoms with van der Waals surface area (Å²) in [5.74, 6) is -0.240. The van der Waals surface area contributed by atoms with Crippen molar-refractivity contribution in [2.45, 2.75) is 30.3 Å². The quantitative estimate of drug-likeness (QED) is 0.146. The predicted molar refractivity (Wildman–Crippen MR) is 97.1 cm³/mol. The summed E-state index contributed by atoms with van der Waals surface area (Å²) in [5.41, 5.74) is 0.764. The van der Waals surface area contributed by atoms with Crippen molar-refractivity contribution < 1.29 is 73.8 Å². The summed E-state index contributed by atoms with van der Waals surface area (Å²) in [6.45, 7) is -1.56. The minimum absolute atomic E-state index is 0.240. The van der Waals surface area contributed by atoms with E-state index in [2.05, 4.69) is 18.1 Å². The van der Waals surface area contributed by atoms with Crippen molar-refractivity contribution in [2.75, 3.05) is 12.3 Å². The first-order valence-electron chi connectivity index (χ1n) is 7.91. The number of anilines is 1. The van der Waals surface area contributed by atoms with Gasteiger partial charge in [0, 0.05) is 6.20 Å². The lowest BCUT2D eigenvalue weighted by Gasteiger charge is -2.31. The lowest BCUT2D eigenvalue weighted by molar-refractivity contribution is -0.273. The van der Waals surface area contributed by atoms with Gasteiger partial charge in [-0.2, -0.15) is 21.8 Å². The second-order valence-electron chi connectivity index (χ2n) is 6.17. The van der Waals surface area contributed by atoms with E-state index in [9.17, 15) is 36.9 Å². The van der Waals surface area contributed by atoms with Crippen molar-refractivity contribution in [2.24, 2.45) is 0 Å². The third-order valence-corrected chi connectivity index (χ3v) is 7.91. The van der Waals surface area contributed by atoms with E-state index in [1.165, 1.54) is 0 Å². The summed E-state index contributed by atoms with van der Waals surface area (Å²) < 4.78 is 105. The van der Waals surface area contributed by atoms with Crippen molar-refractivity contribution in [3.63, 3.8) is 0 Å². The molecule has 0 aliphatic carbocycles. The molecule has 15 nitrogen and oxygen atoms in total. The molecular formula is C10H14F4N3O12P3S. The van der Waals surface area contributed by atoms with Crippen LogP contribution in [-0.2, 0) is 31.6 Å². The zero-order valence-corrected chi connectivity index (χ0v) is 18.9. The van der Waals surface area contributed by atoms with E-state index in [0.29, 0.717) is 4.57 Å². The predicted octanol–water partition coefficient (Wildman–Crippen LogP) is 1.07. The molecule has 33 heavy (non-hydrogen) atoms. The van der Waals surface area contributed by atoms with E-state index in [0.717, 1.165) is 12.3 Å². The Hall–Kier alpha value is -0.850. The maximum atomic E-state index is 15.1. The number of aliphatic hydroxyl groups is 1. The lowest BCUT2D eigenvalue weighted by Crippen LogP contribution is -2.54. The fraction of sp³-hybridized carbons (Fsp3) is 0.600. The van der Waals surface area contributed by atoms with Crippen LogP contribution in [0.4, 0.5) is 23.4 Å². The first-order valence-corrected chi connectivity index (χ1v) is 12.8. The number of hydrogen-bond acceptors (Lipinski definition) is 11. The number of rotatable bonds is 8. The molecule has 0 amide bonds. The molecule has 6 unspecified atom stereocenters. The molecule has 1 saturated heterocycles. The number of phosphoric ester groups is 1. The van der Waals surface area contributed by atoms with Gasteiger partial charge in [0.2, 0.25) is 4.77 Å². The second-order valence-corrected chi connectivity index (χ2v) is 11.0. The van der Waals surface area contributed by atoms with E-state index in [1.54, 1.807) is 0 Å². The number of ether oxygens (including phenoxy) is 1. The zero-order chi connectivity index (χ0) is 25.6. The van der Waals surface area contributed by atoms with Crippen molar-refractivity contribution in [3.05, 3.63) is 17.0 Å². The molecule has 2 rings (SSSR count). The molecule has 1 fully saturated rings. The number of nitrogens with two attached hydrogens (primary N) is 1. The molecule has 1 aliphatic rings. The molecule has 7 N–H and O–H groups in total. The Morgan fingerprint density at radius 1 is 1.21 bits per heavy atom. The smallest absolute Gasteiger partial charge is 0.386 e. The van der Waals surface area contributed by atoms with Gasteiger partial charge in [-0.15, -0.1) is 0 Å². The van der Waals surface area contributed by atoms with Crippen molar-refractivity contribution in [1.82, 2.24) is 9.55 Å². The highest BCUT2D eigenvalue weighted by molar-refractivity contribution is 7.71. The fourth-order valence-corrected chi connectivity index (χ4v) is 5.83. The third kappa shape index (κ3) is 6.64. The average molecular weight is 569 g/mol. The van der Waals surface area contributed by atoms with Gasteiger partial charge in [-0.3, -0.25) is 9.09 Å². The van der Waals surface area contributed by atoms with Crippen LogP contribution in [0, 0.1) is 4.77 Å². The van der Waals surface area contributed by atoms with Gasteiger partial charge in [0.05, 0.1) is 6.61 Å². The Bertz CT molecular complexity index is 1100. The van der Waals surface area contributed by atoms with Crippen LogP contribution in [0.5, 0.6) is 0 Å². The number of alkyl halides is 4. The molecular weight excluding hydrogens is 555 g/mol. The molecule has 1 aromatic rings. The zero-order valence-electron chi connectivity index (χ0n) is 15.4. The molecule has 23 heteroatoms. The van der Waals surface area contributed by atoms with E-state index in [1.807, 2.05) is 0 Å². The first kappa shape index (κ1) is 28.4. The van der Waals surface area contributed by atoms with Crippen LogP contribution in [0.15, 0.2) is 12.3 Å². The standard InChI is InChI=1S/C10H14F4N3O12P3S/c11-9(10(12,13)14)6(18)4(27-7(9)17-2-1-5(15)16-8(17)33)3-26-31(22,23)29-32(24,25)28-30(19,20)21/h1-2,4,6-7,18H,3H2,(H,22,23)(H,24,25)(H2,15,16,33)(H2,19,20,21). The monoisotopic (exact) mass is 569 g/mol. The van der Waals surface area contributed by atoms with Gasteiger partial charge in [0.25, 0.3) is 5.67 Å². The summed E-state index contributed by atoms with van der Waals surface area (Å²) in [4.78, 5) is 38.8. The van der Waals surface area contributed by atoms with Crippen molar-refractivity contribution >= 4 is 41.5 Å². The van der Waals surface area contributed by atoms with E-state index in [4.69, 9.17) is 37.4 Å². The highest BCUT2D eigenvalue weighted by atomic mass is 32.1. The maximum absolute atomic E-state index is 15.1. The summed E-state index contributed by atoms with van der Waals surface area (Å²) in [7, 11) is -17.4. The highest BCUT2D eigenvalue weighted by Gasteiger charge is 2.73. The summed E-state index contributed by atoms with van der Waals surface area (Å²) in [5, 5.41) is 9.97. The number of hydrogen-bond donors (Lipinski definition) is 6. The van der Waals surface area contributed by atoms with Gasteiger partial charge >= 0.3 is 29.6 Å². The summed E-state index contributed by atoms with van der Waals surface area (Å²) in [6, 6.07) is 0.932. The van der Waals surface area contributed by atoms with E-state index >= 15 is 4.39 Å². The van der Waals surface area contributed by atoms with E-state index < -0.39 is 65.1 Å². The fourth-order valence-electron chi connectivity index (χ4n) is 2.54. The SMILES string of the molecule is Nc1ccn(C2OC(COP(=O)(O)OP(=O)(O)OP(=O)(O)O)C(O)C2(F)C(F)(F)F)c(=S)n1.